The van der Waals surface area contributed by atoms with Gasteiger partial charge in [0.2, 0.25) is 0 Å². The molecule has 2 aromatic heterocycles. The Hall–Kier alpha value is -2.34. The summed E-state index contributed by atoms with van der Waals surface area (Å²) in [4.78, 5) is 24.9. The highest BCUT2D eigenvalue weighted by Gasteiger charge is 2.30. The smallest absolute Gasteiger partial charge is 0.270 e. The maximum atomic E-state index is 12.4. The molecular formula is C17H20N4O2. The number of amides is 1. The van der Waals surface area contributed by atoms with Crippen molar-refractivity contribution in [2.24, 2.45) is 5.92 Å². The summed E-state index contributed by atoms with van der Waals surface area (Å²) in [5, 5.41) is 3.05. The minimum atomic E-state index is -0.172. The van der Waals surface area contributed by atoms with Crippen molar-refractivity contribution < 1.29 is 9.53 Å². The standard InChI is InChI=1S/C17H20N4O2/c1-11-7-15(20-12(2)19-11)17(22)21-16-10-23-9-14(16)8-13-3-5-18-6-4-13/h3-7,14,16H,8-10H2,1-2H3,(H,21,22)/t14-,16+/m1/s1. The highest BCUT2D eigenvalue weighted by molar-refractivity contribution is 5.92. The third-order valence-electron chi connectivity index (χ3n) is 3.96. The van der Waals surface area contributed by atoms with Crippen LogP contribution in [0.25, 0.3) is 0 Å². The molecule has 2 atom stereocenters. The zero-order valence-electron chi connectivity index (χ0n) is 13.3. The Bertz CT molecular complexity index is 670. The summed E-state index contributed by atoms with van der Waals surface area (Å²) in [5.41, 5.74) is 2.40. The molecule has 1 fully saturated rings. The monoisotopic (exact) mass is 312 g/mol. The van der Waals surface area contributed by atoms with E-state index in [1.807, 2.05) is 19.1 Å². The SMILES string of the molecule is Cc1cc(C(=O)N[C@H]2COC[C@H]2Cc2ccncc2)nc(C)n1. The Balaban J connectivity index is 1.67. The molecule has 1 amide bonds. The number of nitrogens with one attached hydrogen (secondary N) is 1. The van der Waals surface area contributed by atoms with Crippen LogP contribution in [0, 0.1) is 19.8 Å². The van der Waals surface area contributed by atoms with Crippen molar-refractivity contribution in [3.63, 3.8) is 0 Å². The molecule has 2 aromatic rings. The number of aryl methyl sites for hydroxylation is 2. The molecule has 0 saturated carbocycles. The van der Waals surface area contributed by atoms with Crippen LogP contribution in [0.15, 0.2) is 30.6 Å². The van der Waals surface area contributed by atoms with Gasteiger partial charge in [-0.2, -0.15) is 0 Å². The fourth-order valence-corrected chi connectivity index (χ4v) is 2.86. The molecule has 3 rings (SSSR count). The van der Waals surface area contributed by atoms with E-state index >= 15 is 0 Å². The lowest BCUT2D eigenvalue weighted by molar-refractivity contribution is 0.0919. The minimum absolute atomic E-state index is 0.00811. The second-order valence-electron chi connectivity index (χ2n) is 5.88. The summed E-state index contributed by atoms with van der Waals surface area (Å²) in [6, 6.07) is 5.69. The first-order valence-corrected chi connectivity index (χ1v) is 7.71. The summed E-state index contributed by atoms with van der Waals surface area (Å²) < 4.78 is 5.56. The Morgan fingerprint density at radius 2 is 2.04 bits per heavy atom. The van der Waals surface area contributed by atoms with Crippen LogP contribution in [-0.2, 0) is 11.2 Å². The van der Waals surface area contributed by atoms with Gasteiger partial charge in [-0.3, -0.25) is 9.78 Å². The molecule has 0 aromatic carbocycles. The molecule has 0 aliphatic carbocycles. The van der Waals surface area contributed by atoms with Gasteiger partial charge in [-0.15, -0.1) is 0 Å². The van der Waals surface area contributed by atoms with Gasteiger partial charge in [0.25, 0.3) is 5.91 Å². The van der Waals surface area contributed by atoms with Crippen LogP contribution in [0.4, 0.5) is 0 Å². The first kappa shape index (κ1) is 15.6. The van der Waals surface area contributed by atoms with Gasteiger partial charge in [0.15, 0.2) is 0 Å². The molecule has 0 radical (unpaired) electrons. The lowest BCUT2D eigenvalue weighted by Crippen LogP contribution is -2.41. The molecule has 6 heteroatoms. The molecule has 120 valence electrons. The second kappa shape index (κ2) is 6.83. The lowest BCUT2D eigenvalue weighted by atomic mass is 9.95. The van der Waals surface area contributed by atoms with Gasteiger partial charge in [0, 0.05) is 24.0 Å². The summed E-state index contributed by atoms with van der Waals surface area (Å²) in [7, 11) is 0. The topological polar surface area (TPSA) is 77.0 Å². The number of hydrogen-bond donors (Lipinski definition) is 1. The maximum absolute atomic E-state index is 12.4. The molecule has 0 unspecified atom stereocenters. The van der Waals surface area contributed by atoms with E-state index in [-0.39, 0.29) is 17.9 Å². The van der Waals surface area contributed by atoms with E-state index in [0.29, 0.717) is 24.7 Å². The lowest BCUT2D eigenvalue weighted by Gasteiger charge is -2.19. The van der Waals surface area contributed by atoms with Crippen molar-refractivity contribution >= 4 is 5.91 Å². The number of carbonyl (C=O) groups excluding carboxylic acids is 1. The molecular weight excluding hydrogens is 292 g/mol. The largest absolute Gasteiger partial charge is 0.379 e. The fraction of sp³-hybridized carbons (Fsp3) is 0.412. The molecule has 1 aliphatic rings. The summed E-state index contributed by atoms with van der Waals surface area (Å²) in [5.74, 6) is 0.686. The van der Waals surface area contributed by atoms with Crippen molar-refractivity contribution in [1.82, 2.24) is 20.3 Å². The Kier molecular flexibility index (Phi) is 4.62. The van der Waals surface area contributed by atoms with Crippen LogP contribution >= 0.6 is 0 Å². The number of hydrogen-bond acceptors (Lipinski definition) is 5. The quantitative estimate of drug-likeness (QED) is 0.925. The minimum Gasteiger partial charge on any atom is -0.379 e. The zero-order valence-corrected chi connectivity index (χ0v) is 13.3. The first-order chi connectivity index (χ1) is 11.1. The van der Waals surface area contributed by atoms with Gasteiger partial charge in [0.1, 0.15) is 11.5 Å². The maximum Gasteiger partial charge on any atom is 0.270 e. The third-order valence-corrected chi connectivity index (χ3v) is 3.96. The predicted octanol–water partition coefficient (Wildman–Crippen LogP) is 1.48. The molecule has 1 saturated heterocycles. The van der Waals surface area contributed by atoms with Crippen molar-refractivity contribution in [3.05, 3.63) is 53.4 Å². The third kappa shape index (κ3) is 3.90. The number of carbonyl (C=O) groups is 1. The molecule has 3 heterocycles. The number of ether oxygens (including phenoxy) is 1. The van der Waals surface area contributed by atoms with Crippen molar-refractivity contribution in [2.75, 3.05) is 13.2 Å². The highest BCUT2D eigenvalue weighted by Crippen LogP contribution is 2.19. The van der Waals surface area contributed by atoms with Crippen molar-refractivity contribution in [3.8, 4) is 0 Å². The van der Waals surface area contributed by atoms with E-state index in [0.717, 1.165) is 12.1 Å². The highest BCUT2D eigenvalue weighted by atomic mass is 16.5. The molecule has 1 N–H and O–H groups in total. The molecule has 1 aliphatic heterocycles. The average molecular weight is 312 g/mol. The van der Waals surface area contributed by atoms with Crippen LogP contribution in [0.3, 0.4) is 0 Å². The van der Waals surface area contributed by atoms with Gasteiger partial charge < -0.3 is 10.1 Å². The number of nitrogens with zero attached hydrogens (tertiary/aromatic N) is 3. The number of pyridine rings is 1. The molecule has 23 heavy (non-hydrogen) atoms. The van der Waals surface area contributed by atoms with E-state index in [9.17, 15) is 4.79 Å². The molecule has 6 nitrogen and oxygen atoms in total. The number of rotatable bonds is 4. The van der Waals surface area contributed by atoms with Crippen LogP contribution in [0.5, 0.6) is 0 Å². The number of aromatic nitrogens is 3. The van der Waals surface area contributed by atoms with Gasteiger partial charge in [0.05, 0.1) is 19.3 Å². The first-order valence-electron chi connectivity index (χ1n) is 7.71. The molecule has 0 spiro atoms. The Morgan fingerprint density at radius 3 is 2.78 bits per heavy atom. The Morgan fingerprint density at radius 1 is 1.26 bits per heavy atom. The van der Waals surface area contributed by atoms with Crippen LogP contribution < -0.4 is 5.32 Å². The van der Waals surface area contributed by atoms with Gasteiger partial charge >= 0.3 is 0 Å². The average Bonchev–Trinajstić information content (AvgIpc) is 2.94. The summed E-state index contributed by atoms with van der Waals surface area (Å²) >= 11 is 0. The second-order valence-corrected chi connectivity index (χ2v) is 5.88. The van der Waals surface area contributed by atoms with Gasteiger partial charge in [-0.1, -0.05) is 0 Å². The van der Waals surface area contributed by atoms with Crippen molar-refractivity contribution in [1.29, 1.82) is 0 Å². The Labute approximate surface area is 135 Å². The van der Waals surface area contributed by atoms with Gasteiger partial charge in [-0.25, -0.2) is 9.97 Å². The normalized spacial score (nSPS) is 20.4. The summed E-state index contributed by atoms with van der Waals surface area (Å²) in [6.07, 6.45) is 4.42. The summed E-state index contributed by atoms with van der Waals surface area (Å²) in [6.45, 7) is 4.82. The zero-order chi connectivity index (χ0) is 16.2. The predicted molar refractivity (Wildman–Crippen MR) is 85.0 cm³/mol. The van der Waals surface area contributed by atoms with Crippen molar-refractivity contribution in [2.45, 2.75) is 26.3 Å². The van der Waals surface area contributed by atoms with E-state index in [1.54, 1.807) is 25.4 Å². The van der Waals surface area contributed by atoms with E-state index < -0.39 is 0 Å². The van der Waals surface area contributed by atoms with Gasteiger partial charge in [-0.05, 0) is 44.0 Å². The van der Waals surface area contributed by atoms with E-state index in [1.165, 1.54) is 5.56 Å². The van der Waals surface area contributed by atoms with Crippen LogP contribution in [0.1, 0.15) is 27.6 Å². The van der Waals surface area contributed by atoms with Crippen LogP contribution in [0.2, 0.25) is 0 Å². The van der Waals surface area contributed by atoms with Crippen LogP contribution in [-0.4, -0.2) is 40.1 Å². The fourth-order valence-electron chi connectivity index (χ4n) is 2.86. The van der Waals surface area contributed by atoms with E-state index in [2.05, 4.69) is 20.3 Å². The van der Waals surface area contributed by atoms with E-state index in [4.69, 9.17) is 4.74 Å². The molecule has 0 bridgehead atoms.